The van der Waals surface area contributed by atoms with E-state index in [4.69, 9.17) is 0 Å². The standard InChI is InChI=1S/C11H17N3O3S/c1-14(2)18(16,17)9-3-4-10(12-7-9)13-11(8-15)5-6-11/h3-4,7,15H,5-6,8H2,1-2H3,(H,12,13). The molecule has 2 rings (SSSR count). The summed E-state index contributed by atoms with van der Waals surface area (Å²) in [6, 6.07) is 3.13. The minimum Gasteiger partial charge on any atom is -0.394 e. The Bertz CT molecular complexity index is 521. The van der Waals surface area contributed by atoms with E-state index >= 15 is 0 Å². The molecule has 1 fully saturated rings. The fourth-order valence-corrected chi connectivity index (χ4v) is 2.41. The van der Waals surface area contributed by atoms with Crippen LogP contribution in [-0.4, -0.2) is 49.1 Å². The SMILES string of the molecule is CN(C)S(=O)(=O)c1ccc(NC2(CO)CC2)nc1. The Hall–Kier alpha value is -1.18. The third-order valence-electron chi connectivity index (χ3n) is 3.06. The Labute approximate surface area is 107 Å². The van der Waals surface area contributed by atoms with Crippen LogP contribution in [0.1, 0.15) is 12.8 Å². The van der Waals surface area contributed by atoms with E-state index in [1.807, 2.05) is 0 Å². The van der Waals surface area contributed by atoms with Crippen molar-refractivity contribution < 1.29 is 13.5 Å². The third-order valence-corrected chi connectivity index (χ3v) is 4.86. The molecule has 1 aliphatic rings. The van der Waals surface area contributed by atoms with Crippen molar-refractivity contribution in [2.75, 3.05) is 26.0 Å². The molecule has 18 heavy (non-hydrogen) atoms. The van der Waals surface area contributed by atoms with Crippen LogP contribution in [0.5, 0.6) is 0 Å². The highest BCUT2D eigenvalue weighted by atomic mass is 32.2. The van der Waals surface area contributed by atoms with Gasteiger partial charge in [-0.1, -0.05) is 0 Å². The van der Waals surface area contributed by atoms with Crippen molar-refractivity contribution in [3.8, 4) is 0 Å². The fraction of sp³-hybridized carbons (Fsp3) is 0.545. The molecular formula is C11H17N3O3S. The molecule has 0 saturated heterocycles. The van der Waals surface area contributed by atoms with E-state index in [1.165, 1.54) is 26.4 Å². The molecular weight excluding hydrogens is 254 g/mol. The summed E-state index contributed by atoms with van der Waals surface area (Å²) < 4.78 is 24.8. The molecule has 6 nitrogen and oxygen atoms in total. The molecule has 0 amide bonds. The van der Waals surface area contributed by atoms with Gasteiger partial charge in [-0.3, -0.25) is 0 Å². The maximum Gasteiger partial charge on any atom is 0.244 e. The molecule has 100 valence electrons. The number of nitrogens with zero attached hydrogens (tertiary/aromatic N) is 2. The van der Waals surface area contributed by atoms with E-state index in [9.17, 15) is 13.5 Å². The number of hydrogen-bond donors (Lipinski definition) is 2. The highest BCUT2D eigenvalue weighted by Gasteiger charge is 2.42. The molecule has 0 radical (unpaired) electrons. The molecule has 0 bridgehead atoms. The summed E-state index contributed by atoms with van der Waals surface area (Å²) in [5.41, 5.74) is -0.255. The Kier molecular flexibility index (Phi) is 3.31. The zero-order valence-electron chi connectivity index (χ0n) is 10.4. The lowest BCUT2D eigenvalue weighted by Crippen LogP contribution is -2.26. The summed E-state index contributed by atoms with van der Waals surface area (Å²) in [6.07, 6.45) is 3.14. The molecule has 0 spiro atoms. The molecule has 0 aromatic carbocycles. The van der Waals surface area contributed by atoms with Crippen LogP contribution in [0.3, 0.4) is 0 Å². The van der Waals surface area contributed by atoms with Crippen molar-refractivity contribution in [3.05, 3.63) is 18.3 Å². The van der Waals surface area contributed by atoms with Crippen LogP contribution in [-0.2, 0) is 10.0 Å². The fourth-order valence-electron chi connectivity index (χ4n) is 1.56. The van der Waals surface area contributed by atoms with Crippen molar-refractivity contribution in [1.82, 2.24) is 9.29 Å². The van der Waals surface area contributed by atoms with Gasteiger partial charge in [-0.05, 0) is 25.0 Å². The molecule has 0 unspecified atom stereocenters. The van der Waals surface area contributed by atoms with Crippen molar-refractivity contribution in [2.45, 2.75) is 23.3 Å². The van der Waals surface area contributed by atoms with Crippen molar-refractivity contribution in [1.29, 1.82) is 0 Å². The molecule has 1 heterocycles. The molecule has 1 aliphatic carbocycles. The van der Waals surface area contributed by atoms with Crippen LogP contribution < -0.4 is 5.32 Å². The number of aromatic nitrogens is 1. The van der Waals surface area contributed by atoms with Gasteiger partial charge in [0.15, 0.2) is 0 Å². The van der Waals surface area contributed by atoms with Gasteiger partial charge >= 0.3 is 0 Å². The van der Waals surface area contributed by atoms with Gasteiger partial charge in [0.2, 0.25) is 10.0 Å². The molecule has 1 aromatic heterocycles. The van der Waals surface area contributed by atoms with Gasteiger partial charge < -0.3 is 10.4 Å². The lowest BCUT2D eigenvalue weighted by Gasteiger charge is -2.15. The molecule has 0 aliphatic heterocycles. The molecule has 0 atom stereocenters. The van der Waals surface area contributed by atoms with E-state index in [0.717, 1.165) is 17.1 Å². The topological polar surface area (TPSA) is 82.5 Å². The van der Waals surface area contributed by atoms with Gasteiger partial charge in [-0.2, -0.15) is 0 Å². The summed E-state index contributed by atoms with van der Waals surface area (Å²) in [6.45, 7) is 0.0619. The normalized spacial score (nSPS) is 17.8. The number of aliphatic hydroxyl groups excluding tert-OH is 1. The largest absolute Gasteiger partial charge is 0.394 e. The maximum atomic E-state index is 11.8. The van der Waals surface area contributed by atoms with Crippen LogP contribution in [0.15, 0.2) is 23.2 Å². The van der Waals surface area contributed by atoms with Gasteiger partial charge in [0.25, 0.3) is 0 Å². The molecule has 7 heteroatoms. The molecule has 1 saturated carbocycles. The monoisotopic (exact) mass is 271 g/mol. The molecule has 2 N–H and O–H groups in total. The van der Waals surface area contributed by atoms with E-state index in [1.54, 1.807) is 6.07 Å². The summed E-state index contributed by atoms with van der Waals surface area (Å²) in [4.78, 5) is 4.23. The average Bonchev–Trinajstić information content (AvgIpc) is 3.10. The zero-order valence-corrected chi connectivity index (χ0v) is 11.2. The Morgan fingerprint density at radius 2 is 2.11 bits per heavy atom. The van der Waals surface area contributed by atoms with Crippen LogP contribution in [0.2, 0.25) is 0 Å². The first-order valence-corrected chi connectivity index (χ1v) is 7.11. The van der Waals surface area contributed by atoms with Crippen molar-refractivity contribution >= 4 is 15.8 Å². The predicted molar refractivity (Wildman–Crippen MR) is 67.8 cm³/mol. The number of sulfonamides is 1. The average molecular weight is 271 g/mol. The number of hydrogen-bond acceptors (Lipinski definition) is 5. The van der Waals surface area contributed by atoms with Crippen LogP contribution >= 0.6 is 0 Å². The minimum atomic E-state index is -3.43. The van der Waals surface area contributed by atoms with Gasteiger partial charge in [0.1, 0.15) is 10.7 Å². The first-order valence-electron chi connectivity index (χ1n) is 5.67. The lowest BCUT2D eigenvalue weighted by atomic mass is 10.3. The van der Waals surface area contributed by atoms with Gasteiger partial charge in [-0.25, -0.2) is 17.7 Å². The number of pyridine rings is 1. The molecule has 1 aromatic rings. The van der Waals surface area contributed by atoms with Gasteiger partial charge in [-0.15, -0.1) is 0 Å². The van der Waals surface area contributed by atoms with Crippen molar-refractivity contribution in [2.24, 2.45) is 0 Å². The maximum absolute atomic E-state index is 11.8. The smallest absolute Gasteiger partial charge is 0.244 e. The highest BCUT2D eigenvalue weighted by Crippen LogP contribution is 2.37. The summed E-state index contributed by atoms with van der Waals surface area (Å²) >= 11 is 0. The number of aliphatic hydroxyl groups is 1. The van der Waals surface area contributed by atoms with E-state index in [0.29, 0.717) is 5.82 Å². The second-order valence-corrected chi connectivity index (χ2v) is 6.88. The second-order valence-electron chi connectivity index (χ2n) is 4.73. The van der Waals surface area contributed by atoms with Gasteiger partial charge in [0.05, 0.1) is 12.1 Å². The van der Waals surface area contributed by atoms with Crippen LogP contribution in [0.4, 0.5) is 5.82 Å². The number of rotatable bonds is 5. The summed E-state index contributed by atoms with van der Waals surface area (Å²) in [5.74, 6) is 0.583. The zero-order chi connectivity index (χ0) is 13.4. The highest BCUT2D eigenvalue weighted by molar-refractivity contribution is 7.89. The van der Waals surface area contributed by atoms with E-state index < -0.39 is 10.0 Å². The minimum absolute atomic E-state index is 0.0619. The Morgan fingerprint density at radius 3 is 2.50 bits per heavy atom. The number of anilines is 1. The van der Waals surface area contributed by atoms with Crippen molar-refractivity contribution in [3.63, 3.8) is 0 Å². The third kappa shape index (κ3) is 2.47. The first kappa shape index (κ1) is 13.3. The first-order chi connectivity index (χ1) is 8.39. The van der Waals surface area contributed by atoms with E-state index in [-0.39, 0.29) is 17.0 Å². The van der Waals surface area contributed by atoms with Crippen LogP contribution in [0, 0.1) is 0 Å². The second kappa shape index (κ2) is 4.49. The Balaban J connectivity index is 2.16. The predicted octanol–water partition coefficient (Wildman–Crippen LogP) is 0.269. The quantitative estimate of drug-likeness (QED) is 0.803. The van der Waals surface area contributed by atoms with E-state index in [2.05, 4.69) is 10.3 Å². The lowest BCUT2D eigenvalue weighted by molar-refractivity contribution is 0.266. The van der Waals surface area contributed by atoms with Gasteiger partial charge in [0, 0.05) is 20.3 Å². The van der Waals surface area contributed by atoms with Crippen LogP contribution in [0.25, 0.3) is 0 Å². The Morgan fingerprint density at radius 1 is 1.44 bits per heavy atom. The summed E-state index contributed by atoms with van der Waals surface area (Å²) in [5, 5.41) is 12.3. The number of nitrogens with one attached hydrogen (secondary N) is 1. The summed E-state index contributed by atoms with van der Waals surface area (Å²) in [7, 11) is -0.476.